The summed E-state index contributed by atoms with van der Waals surface area (Å²) in [5.74, 6) is 1.79. The summed E-state index contributed by atoms with van der Waals surface area (Å²) in [5.41, 5.74) is 4.40. The lowest BCUT2D eigenvalue weighted by atomic mass is 9.85. The first kappa shape index (κ1) is 15.2. The first-order chi connectivity index (χ1) is 8.38. The van der Waals surface area contributed by atoms with Crippen LogP contribution in [0.15, 0.2) is 18.2 Å². The SMILES string of the molecule is CNC(c1ccc(C(C)C)cc1C(C)C)C(C)C. The van der Waals surface area contributed by atoms with E-state index in [2.05, 4.69) is 72.1 Å². The van der Waals surface area contributed by atoms with Crippen LogP contribution in [-0.2, 0) is 0 Å². The summed E-state index contributed by atoms with van der Waals surface area (Å²) in [6, 6.07) is 7.46. The molecule has 0 radical (unpaired) electrons. The third-order valence-corrected chi connectivity index (χ3v) is 3.71. The van der Waals surface area contributed by atoms with Gasteiger partial charge in [0.05, 0.1) is 0 Å². The van der Waals surface area contributed by atoms with E-state index >= 15 is 0 Å². The Morgan fingerprint density at radius 2 is 1.44 bits per heavy atom. The Morgan fingerprint density at radius 3 is 1.83 bits per heavy atom. The maximum atomic E-state index is 3.46. The molecule has 1 nitrogen and oxygen atoms in total. The van der Waals surface area contributed by atoms with Crippen molar-refractivity contribution in [1.29, 1.82) is 0 Å². The van der Waals surface area contributed by atoms with E-state index < -0.39 is 0 Å². The minimum Gasteiger partial charge on any atom is -0.313 e. The van der Waals surface area contributed by atoms with Crippen LogP contribution in [0.25, 0.3) is 0 Å². The largest absolute Gasteiger partial charge is 0.313 e. The fraction of sp³-hybridized carbons (Fsp3) is 0.647. The Balaban J connectivity index is 3.26. The lowest BCUT2D eigenvalue weighted by Crippen LogP contribution is -2.23. The van der Waals surface area contributed by atoms with Gasteiger partial charge in [0.15, 0.2) is 0 Å². The topological polar surface area (TPSA) is 12.0 Å². The van der Waals surface area contributed by atoms with E-state index in [-0.39, 0.29) is 0 Å². The predicted molar refractivity (Wildman–Crippen MR) is 81.3 cm³/mol. The third kappa shape index (κ3) is 3.35. The summed E-state index contributed by atoms with van der Waals surface area (Å²) in [6.07, 6.45) is 0. The average Bonchev–Trinajstić information content (AvgIpc) is 2.29. The fourth-order valence-electron chi connectivity index (χ4n) is 2.58. The van der Waals surface area contributed by atoms with Crippen LogP contribution in [0.4, 0.5) is 0 Å². The molecule has 0 heterocycles. The predicted octanol–water partition coefficient (Wildman–Crippen LogP) is 4.85. The van der Waals surface area contributed by atoms with Gasteiger partial charge in [0.1, 0.15) is 0 Å². The number of rotatable bonds is 5. The van der Waals surface area contributed by atoms with Crippen molar-refractivity contribution >= 4 is 0 Å². The molecule has 1 aromatic carbocycles. The van der Waals surface area contributed by atoms with Crippen LogP contribution in [0.1, 0.15) is 76.1 Å². The molecule has 1 heteroatoms. The van der Waals surface area contributed by atoms with E-state index in [0.29, 0.717) is 23.8 Å². The molecule has 0 aliphatic carbocycles. The van der Waals surface area contributed by atoms with Crippen LogP contribution in [0.2, 0.25) is 0 Å². The summed E-state index contributed by atoms with van der Waals surface area (Å²) in [6.45, 7) is 13.7. The lowest BCUT2D eigenvalue weighted by molar-refractivity contribution is 0.438. The zero-order chi connectivity index (χ0) is 13.9. The van der Waals surface area contributed by atoms with Crippen molar-refractivity contribution in [2.45, 2.75) is 59.4 Å². The molecule has 0 aliphatic rings. The first-order valence-electron chi connectivity index (χ1n) is 7.19. The summed E-state index contributed by atoms with van der Waals surface area (Å²) < 4.78 is 0. The van der Waals surface area contributed by atoms with Crippen molar-refractivity contribution in [2.24, 2.45) is 5.92 Å². The van der Waals surface area contributed by atoms with Crippen molar-refractivity contribution < 1.29 is 0 Å². The molecular formula is C17H29N. The number of hydrogen-bond acceptors (Lipinski definition) is 1. The molecule has 0 amide bonds. The molecule has 1 aromatic rings. The molecule has 1 unspecified atom stereocenters. The normalized spacial score (nSPS) is 13.7. The van der Waals surface area contributed by atoms with Gasteiger partial charge in [-0.1, -0.05) is 59.7 Å². The van der Waals surface area contributed by atoms with E-state index in [4.69, 9.17) is 0 Å². The molecule has 0 bridgehead atoms. The van der Waals surface area contributed by atoms with Crippen molar-refractivity contribution in [2.75, 3.05) is 7.05 Å². The molecule has 102 valence electrons. The molecule has 0 aliphatic heterocycles. The quantitative estimate of drug-likeness (QED) is 0.784. The van der Waals surface area contributed by atoms with E-state index in [1.54, 1.807) is 0 Å². The van der Waals surface area contributed by atoms with E-state index in [1.165, 1.54) is 16.7 Å². The molecule has 0 spiro atoms. The molecule has 0 saturated heterocycles. The second kappa shape index (κ2) is 6.38. The second-order valence-corrected chi connectivity index (χ2v) is 6.21. The van der Waals surface area contributed by atoms with Crippen LogP contribution in [0.3, 0.4) is 0 Å². The van der Waals surface area contributed by atoms with Gasteiger partial charge in [-0.3, -0.25) is 0 Å². The summed E-state index contributed by atoms with van der Waals surface area (Å²) in [5, 5.41) is 3.46. The number of nitrogens with one attached hydrogen (secondary N) is 1. The van der Waals surface area contributed by atoms with Crippen LogP contribution in [0.5, 0.6) is 0 Å². The highest BCUT2D eigenvalue weighted by Gasteiger charge is 2.19. The standard InChI is InChI=1S/C17H29N/c1-11(2)14-8-9-15(16(10-14)12(3)4)17(18-7)13(5)6/h8-13,17-18H,1-7H3. The minimum atomic E-state index is 0.448. The lowest BCUT2D eigenvalue weighted by Gasteiger charge is -2.26. The van der Waals surface area contributed by atoms with Crippen molar-refractivity contribution in [3.8, 4) is 0 Å². The van der Waals surface area contributed by atoms with Gasteiger partial charge in [0.2, 0.25) is 0 Å². The number of hydrogen-bond donors (Lipinski definition) is 1. The van der Waals surface area contributed by atoms with Gasteiger partial charge in [0.25, 0.3) is 0 Å². The Bertz CT molecular complexity index is 377. The van der Waals surface area contributed by atoms with Crippen molar-refractivity contribution in [3.05, 3.63) is 34.9 Å². The summed E-state index contributed by atoms with van der Waals surface area (Å²) in [7, 11) is 2.06. The van der Waals surface area contributed by atoms with Crippen LogP contribution < -0.4 is 5.32 Å². The first-order valence-corrected chi connectivity index (χ1v) is 7.19. The van der Waals surface area contributed by atoms with Gasteiger partial charge in [0, 0.05) is 6.04 Å². The molecular weight excluding hydrogens is 218 g/mol. The molecule has 1 N–H and O–H groups in total. The van der Waals surface area contributed by atoms with E-state index in [1.807, 2.05) is 0 Å². The van der Waals surface area contributed by atoms with Gasteiger partial charge < -0.3 is 5.32 Å². The van der Waals surface area contributed by atoms with Crippen LogP contribution in [0, 0.1) is 5.92 Å². The second-order valence-electron chi connectivity index (χ2n) is 6.21. The summed E-state index contributed by atoms with van der Waals surface area (Å²) in [4.78, 5) is 0. The van der Waals surface area contributed by atoms with Gasteiger partial charge in [-0.15, -0.1) is 0 Å². The van der Waals surface area contributed by atoms with E-state index in [9.17, 15) is 0 Å². The van der Waals surface area contributed by atoms with Gasteiger partial charge in [-0.05, 0) is 41.5 Å². The zero-order valence-electron chi connectivity index (χ0n) is 13.0. The average molecular weight is 247 g/mol. The maximum Gasteiger partial charge on any atom is 0.0343 e. The molecule has 1 atom stereocenters. The monoisotopic (exact) mass is 247 g/mol. The zero-order valence-corrected chi connectivity index (χ0v) is 13.0. The highest BCUT2D eigenvalue weighted by atomic mass is 14.9. The van der Waals surface area contributed by atoms with Crippen molar-refractivity contribution in [1.82, 2.24) is 5.32 Å². The highest BCUT2D eigenvalue weighted by Crippen LogP contribution is 2.31. The van der Waals surface area contributed by atoms with Crippen molar-refractivity contribution in [3.63, 3.8) is 0 Å². The molecule has 0 saturated carbocycles. The molecule has 1 rings (SSSR count). The Labute approximate surface area is 113 Å². The van der Waals surface area contributed by atoms with Crippen LogP contribution >= 0.6 is 0 Å². The molecule has 18 heavy (non-hydrogen) atoms. The Hall–Kier alpha value is -0.820. The molecule has 0 aromatic heterocycles. The van der Waals surface area contributed by atoms with E-state index in [0.717, 1.165) is 0 Å². The van der Waals surface area contributed by atoms with Gasteiger partial charge in [-0.2, -0.15) is 0 Å². The maximum absolute atomic E-state index is 3.46. The Morgan fingerprint density at radius 1 is 0.833 bits per heavy atom. The smallest absolute Gasteiger partial charge is 0.0343 e. The molecule has 0 fully saturated rings. The van der Waals surface area contributed by atoms with Gasteiger partial charge in [-0.25, -0.2) is 0 Å². The third-order valence-electron chi connectivity index (χ3n) is 3.71. The van der Waals surface area contributed by atoms with Gasteiger partial charge >= 0.3 is 0 Å². The minimum absolute atomic E-state index is 0.448. The summed E-state index contributed by atoms with van der Waals surface area (Å²) >= 11 is 0. The number of benzene rings is 1. The van der Waals surface area contributed by atoms with Crippen LogP contribution in [-0.4, -0.2) is 7.05 Å². The Kier molecular flexibility index (Phi) is 5.40. The highest BCUT2D eigenvalue weighted by molar-refractivity contribution is 5.37. The fourth-order valence-corrected chi connectivity index (χ4v) is 2.58.